The first kappa shape index (κ1) is 20.1. The summed E-state index contributed by atoms with van der Waals surface area (Å²) in [7, 11) is 4.68. The van der Waals surface area contributed by atoms with Crippen molar-refractivity contribution < 1.29 is 28.8 Å². The average molecular weight is 405 g/mol. The Bertz CT molecular complexity index is 752. The van der Waals surface area contributed by atoms with Crippen molar-refractivity contribution in [2.24, 2.45) is 17.3 Å². The number of benzene rings is 1. The van der Waals surface area contributed by atoms with Crippen LogP contribution in [0.5, 0.6) is 23.0 Å². The highest BCUT2D eigenvalue weighted by atomic mass is 16.5. The van der Waals surface area contributed by atoms with Crippen LogP contribution >= 0.6 is 0 Å². The van der Waals surface area contributed by atoms with Crippen LogP contribution < -0.4 is 18.9 Å². The Hall–Kier alpha value is -2.15. The first-order chi connectivity index (χ1) is 13.9. The number of hydrogen-bond donors (Lipinski definition) is 1. The highest BCUT2D eigenvalue weighted by Crippen LogP contribution is 2.49. The number of amides is 1. The largest absolute Gasteiger partial charge is 0.493 e. The molecule has 0 aromatic heterocycles. The van der Waals surface area contributed by atoms with Gasteiger partial charge < -0.3 is 29.0 Å². The third kappa shape index (κ3) is 3.72. The molecule has 3 aliphatic rings. The van der Waals surface area contributed by atoms with Crippen LogP contribution in [-0.4, -0.2) is 62.5 Å². The number of fused-ring (bicyclic) bond motifs is 1. The number of aliphatic hydroxyl groups is 1. The fraction of sp³-hybridized carbons (Fsp3) is 0.682. The summed E-state index contributed by atoms with van der Waals surface area (Å²) >= 11 is 0. The molecule has 4 rings (SSSR count). The molecule has 1 amide bonds. The molecule has 2 saturated carbocycles. The van der Waals surface area contributed by atoms with Gasteiger partial charge in [0.2, 0.25) is 11.7 Å². The number of carbonyl (C=O) groups is 1. The van der Waals surface area contributed by atoms with Gasteiger partial charge in [-0.3, -0.25) is 4.79 Å². The molecule has 1 heterocycles. The molecule has 1 aromatic carbocycles. The summed E-state index contributed by atoms with van der Waals surface area (Å²) in [5.41, 5.74) is -0.141. The summed E-state index contributed by atoms with van der Waals surface area (Å²) in [6, 6.07) is 3.50. The van der Waals surface area contributed by atoms with Gasteiger partial charge in [-0.2, -0.15) is 0 Å². The molecule has 0 spiro atoms. The summed E-state index contributed by atoms with van der Waals surface area (Å²) in [6.07, 6.45) is 2.47. The van der Waals surface area contributed by atoms with E-state index in [0.717, 1.165) is 32.4 Å². The molecule has 1 aliphatic heterocycles. The minimum atomic E-state index is -0.568. The maximum absolute atomic E-state index is 12.7. The van der Waals surface area contributed by atoms with E-state index in [1.807, 2.05) is 4.90 Å². The Labute approximate surface area is 171 Å². The number of nitrogens with zero attached hydrogens (tertiary/aromatic N) is 1. The van der Waals surface area contributed by atoms with Gasteiger partial charge in [0.1, 0.15) is 11.9 Å². The fourth-order valence-electron chi connectivity index (χ4n) is 4.77. The van der Waals surface area contributed by atoms with Gasteiger partial charge in [-0.1, -0.05) is 6.92 Å². The Morgan fingerprint density at radius 1 is 1.03 bits per heavy atom. The zero-order chi connectivity index (χ0) is 20.8. The van der Waals surface area contributed by atoms with E-state index in [0.29, 0.717) is 41.3 Å². The van der Waals surface area contributed by atoms with E-state index in [-0.39, 0.29) is 17.4 Å². The highest BCUT2D eigenvalue weighted by Gasteiger charge is 2.51. The van der Waals surface area contributed by atoms with Crippen molar-refractivity contribution >= 4 is 5.91 Å². The summed E-state index contributed by atoms with van der Waals surface area (Å²) in [5, 5.41) is 10.7. The molecule has 1 aromatic rings. The lowest BCUT2D eigenvalue weighted by atomic mass is 9.78. The van der Waals surface area contributed by atoms with Gasteiger partial charge in [-0.15, -0.1) is 0 Å². The predicted octanol–water partition coefficient (Wildman–Crippen LogP) is 2.49. The molecule has 7 nitrogen and oxygen atoms in total. The van der Waals surface area contributed by atoms with Crippen LogP contribution in [-0.2, 0) is 4.79 Å². The number of methoxy groups -OCH3 is 3. The van der Waals surface area contributed by atoms with Crippen LogP contribution in [0.4, 0.5) is 0 Å². The van der Waals surface area contributed by atoms with E-state index in [9.17, 15) is 9.90 Å². The van der Waals surface area contributed by atoms with Gasteiger partial charge in [0.25, 0.3) is 0 Å². The summed E-state index contributed by atoms with van der Waals surface area (Å²) < 4.78 is 22.3. The lowest BCUT2D eigenvalue weighted by Gasteiger charge is -2.35. The van der Waals surface area contributed by atoms with E-state index in [1.165, 1.54) is 0 Å². The fourth-order valence-corrected chi connectivity index (χ4v) is 4.77. The quantitative estimate of drug-likeness (QED) is 0.784. The molecule has 1 N–H and O–H groups in total. The van der Waals surface area contributed by atoms with Crippen molar-refractivity contribution in [2.75, 3.05) is 34.4 Å². The van der Waals surface area contributed by atoms with E-state index >= 15 is 0 Å². The van der Waals surface area contributed by atoms with Gasteiger partial charge in [0, 0.05) is 30.6 Å². The van der Waals surface area contributed by atoms with Gasteiger partial charge in [-0.05, 0) is 37.5 Å². The number of rotatable bonds is 6. The SMILES string of the molecule is COc1cc(O[C@@H]2C[C@@H]3CN(C(=O)C4(C)CC4)C[C@@H]3C[C@H]2O)cc(OC)c1OC. The minimum Gasteiger partial charge on any atom is -0.493 e. The van der Waals surface area contributed by atoms with Crippen molar-refractivity contribution in [1.29, 1.82) is 0 Å². The second kappa shape index (κ2) is 7.59. The van der Waals surface area contributed by atoms with Crippen LogP contribution in [0.2, 0.25) is 0 Å². The third-order valence-electron chi connectivity index (χ3n) is 6.81. The molecule has 0 unspecified atom stereocenters. The maximum Gasteiger partial charge on any atom is 0.228 e. The van der Waals surface area contributed by atoms with Gasteiger partial charge >= 0.3 is 0 Å². The third-order valence-corrected chi connectivity index (χ3v) is 6.81. The van der Waals surface area contributed by atoms with E-state index in [2.05, 4.69) is 6.92 Å². The minimum absolute atomic E-state index is 0.141. The maximum atomic E-state index is 12.7. The molecule has 4 atom stereocenters. The Morgan fingerprint density at radius 2 is 1.62 bits per heavy atom. The molecule has 0 bridgehead atoms. The smallest absolute Gasteiger partial charge is 0.228 e. The Kier molecular flexibility index (Phi) is 5.27. The van der Waals surface area contributed by atoms with Crippen LogP contribution in [0.3, 0.4) is 0 Å². The molecule has 1 saturated heterocycles. The van der Waals surface area contributed by atoms with Crippen LogP contribution in [0, 0.1) is 17.3 Å². The normalized spacial score (nSPS) is 29.8. The number of carbonyl (C=O) groups excluding carboxylic acids is 1. The van der Waals surface area contributed by atoms with Crippen molar-refractivity contribution in [2.45, 2.75) is 44.8 Å². The molecule has 7 heteroatoms. The zero-order valence-electron chi connectivity index (χ0n) is 17.6. The monoisotopic (exact) mass is 405 g/mol. The summed E-state index contributed by atoms with van der Waals surface area (Å²) in [5.74, 6) is 3.08. The van der Waals surface area contributed by atoms with Gasteiger partial charge in [-0.25, -0.2) is 0 Å². The highest BCUT2D eigenvalue weighted by molar-refractivity contribution is 5.85. The van der Waals surface area contributed by atoms with E-state index in [4.69, 9.17) is 18.9 Å². The van der Waals surface area contributed by atoms with Crippen molar-refractivity contribution in [3.8, 4) is 23.0 Å². The van der Waals surface area contributed by atoms with Gasteiger partial charge in [0.05, 0.1) is 27.4 Å². The molecule has 2 aliphatic carbocycles. The van der Waals surface area contributed by atoms with Crippen molar-refractivity contribution in [3.05, 3.63) is 12.1 Å². The van der Waals surface area contributed by atoms with Crippen LogP contribution in [0.15, 0.2) is 12.1 Å². The summed E-state index contributed by atoms with van der Waals surface area (Å²) in [6.45, 7) is 3.58. The molecular formula is C22H31NO6. The van der Waals surface area contributed by atoms with E-state index < -0.39 is 6.10 Å². The molecule has 0 radical (unpaired) electrons. The lowest BCUT2D eigenvalue weighted by Crippen LogP contribution is -2.42. The number of aliphatic hydroxyl groups excluding tert-OH is 1. The van der Waals surface area contributed by atoms with Crippen LogP contribution in [0.25, 0.3) is 0 Å². The first-order valence-electron chi connectivity index (χ1n) is 10.3. The van der Waals surface area contributed by atoms with Gasteiger partial charge in [0.15, 0.2) is 11.5 Å². The second-order valence-electron chi connectivity index (χ2n) is 8.85. The molecular weight excluding hydrogens is 374 g/mol. The molecule has 160 valence electrons. The molecule has 3 fully saturated rings. The number of likely N-dealkylation sites (tertiary alicyclic amines) is 1. The Morgan fingerprint density at radius 3 is 2.14 bits per heavy atom. The second-order valence-corrected chi connectivity index (χ2v) is 8.85. The predicted molar refractivity (Wildman–Crippen MR) is 107 cm³/mol. The topological polar surface area (TPSA) is 77.5 Å². The van der Waals surface area contributed by atoms with Crippen LogP contribution in [0.1, 0.15) is 32.6 Å². The zero-order valence-corrected chi connectivity index (χ0v) is 17.6. The van der Waals surface area contributed by atoms with Crippen molar-refractivity contribution in [3.63, 3.8) is 0 Å². The van der Waals surface area contributed by atoms with E-state index in [1.54, 1.807) is 33.5 Å². The lowest BCUT2D eigenvalue weighted by molar-refractivity contribution is -0.135. The first-order valence-corrected chi connectivity index (χ1v) is 10.3. The summed E-state index contributed by atoms with van der Waals surface area (Å²) in [4.78, 5) is 14.7. The average Bonchev–Trinajstić information content (AvgIpc) is 3.34. The number of hydrogen-bond acceptors (Lipinski definition) is 6. The number of ether oxygens (including phenoxy) is 4. The molecule has 29 heavy (non-hydrogen) atoms. The van der Waals surface area contributed by atoms with Crippen molar-refractivity contribution in [1.82, 2.24) is 4.90 Å². The standard InChI is InChI=1S/C22H31NO6/c1-22(5-6-22)21(25)23-11-13-7-16(24)17(8-14(13)12-23)29-15-9-18(26-2)20(28-4)19(10-15)27-3/h9-10,13-14,16-17,24H,5-8,11-12H2,1-4H3/t13-,14+,16+,17+/m0/s1. The Balaban J connectivity index is 1.46.